The van der Waals surface area contributed by atoms with Gasteiger partial charge in [0.2, 0.25) is 0 Å². The highest BCUT2D eigenvalue weighted by atomic mass is 16.2. The van der Waals surface area contributed by atoms with Crippen LogP contribution in [0.5, 0.6) is 0 Å². The van der Waals surface area contributed by atoms with E-state index < -0.39 is 5.92 Å². The second-order valence-corrected chi connectivity index (χ2v) is 5.60. The maximum Gasteiger partial charge on any atom is 0.151 e. The van der Waals surface area contributed by atoms with Crippen molar-refractivity contribution < 1.29 is 14.4 Å². The Balaban J connectivity index is 2.13. The van der Waals surface area contributed by atoms with Crippen molar-refractivity contribution in [1.29, 1.82) is 0 Å². The van der Waals surface area contributed by atoms with Crippen LogP contribution in [0.1, 0.15) is 49.7 Å². The van der Waals surface area contributed by atoms with Crippen LogP contribution < -0.4 is 0 Å². The predicted octanol–water partition coefficient (Wildman–Crippen LogP) is 3.00. The van der Waals surface area contributed by atoms with Crippen molar-refractivity contribution in [3.8, 4) is 0 Å². The summed E-state index contributed by atoms with van der Waals surface area (Å²) in [5, 5.41) is 0. The average Bonchev–Trinajstić information content (AvgIpc) is 2.39. The van der Waals surface area contributed by atoms with E-state index in [-0.39, 0.29) is 23.3 Å². The molecule has 3 heteroatoms. The van der Waals surface area contributed by atoms with Crippen molar-refractivity contribution in [2.24, 2.45) is 5.92 Å². The third kappa shape index (κ3) is 3.03. The first-order valence-electron chi connectivity index (χ1n) is 7.17. The zero-order valence-corrected chi connectivity index (χ0v) is 12.0. The van der Waals surface area contributed by atoms with Gasteiger partial charge in [-0.15, -0.1) is 0 Å². The molecule has 106 valence electrons. The van der Waals surface area contributed by atoms with Gasteiger partial charge in [-0.2, -0.15) is 0 Å². The Bertz CT molecular complexity index is 510. The summed E-state index contributed by atoms with van der Waals surface area (Å²) in [7, 11) is 0. The smallest absolute Gasteiger partial charge is 0.151 e. The molecule has 1 saturated carbocycles. The molecule has 0 bridgehead atoms. The van der Waals surface area contributed by atoms with Crippen LogP contribution in [0.2, 0.25) is 0 Å². The Morgan fingerprint density at radius 2 is 1.65 bits per heavy atom. The third-order valence-corrected chi connectivity index (χ3v) is 3.91. The Morgan fingerprint density at radius 3 is 2.15 bits per heavy atom. The van der Waals surface area contributed by atoms with Crippen molar-refractivity contribution in [3.63, 3.8) is 0 Å². The first kappa shape index (κ1) is 14.6. The zero-order valence-electron chi connectivity index (χ0n) is 12.0. The minimum Gasteiger partial charge on any atom is -0.298 e. The van der Waals surface area contributed by atoms with E-state index in [1.807, 2.05) is 38.1 Å². The van der Waals surface area contributed by atoms with Crippen molar-refractivity contribution in [1.82, 2.24) is 0 Å². The van der Waals surface area contributed by atoms with Crippen molar-refractivity contribution >= 4 is 17.3 Å². The zero-order chi connectivity index (χ0) is 14.7. The number of ketones is 3. The lowest BCUT2D eigenvalue weighted by molar-refractivity contribution is -0.142. The van der Waals surface area contributed by atoms with Crippen LogP contribution >= 0.6 is 0 Å². The summed E-state index contributed by atoms with van der Waals surface area (Å²) >= 11 is 0. The average molecular weight is 272 g/mol. The topological polar surface area (TPSA) is 51.2 Å². The molecular formula is C17H20O3. The van der Waals surface area contributed by atoms with Gasteiger partial charge in [-0.1, -0.05) is 36.8 Å². The van der Waals surface area contributed by atoms with Crippen LogP contribution in [0.3, 0.4) is 0 Å². The summed E-state index contributed by atoms with van der Waals surface area (Å²) in [6, 6.07) is 7.90. The number of hydrogen-bond donors (Lipinski definition) is 0. The van der Waals surface area contributed by atoms with E-state index in [1.54, 1.807) is 0 Å². The molecule has 0 amide bonds. The van der Waals surface area contributed by atoms with Gasteiger partial charge in [0.05, 0.1) is 0 Å². The lowest BCUT2D eigenvalue weighted by atomic mass is 9.75. The molecule has 0 aliphatic heterocycles. The molecule has 0 heterocycles. The summed E-state index contributed by atoms with van der Waals surface area (Å²) < 4.78 is 0. The van der Waals surface area contributed by atoms with Crippen LogP contribution in [0, 0.1) is 12.8 Å². The first-order valence-corrected chi connectivity index (χ1v) is 7.17. The molecule has 1 aromatic rings. The maximum atomic E-state index is 12.1. The standard InChI is InChI=1S/C17H20O3/c1-3-4-14(18)17-15(19)9-13(10-16(17)20)12-7-5-11(2)6-8-12/h5-8,13,17H,3-4,9-10H2,1-2H3. The largest absolute Gasteiger partial charge is 0.298 e. The normalized spacial score (nSPS) is 22.9. The van der Waals surface area contributed by atoms with E-state index in [4.69, 9.17) is 0 Å². The minimum absolute atomic E-state index is 0.0683. The number of rotatable bonds is 4. The molecule has 3 nitrogen and oxygen atoms in total. The van der Waals surface area contributed by atoms with Gasteiger partial charge in [0, 0.05) is 19.3 Å². The highest BCUT2D eigenvalue weighted by Gasteiger charge is 2.39. The molecule has 0 spiro atoms. The number of hydrogen-bond acceptors (Lipinski definition) is 3. The number of Topliss-reactive ketones (excluding diaryl/α,β-unsaturated/α-hetero) is 3. The molecular weight excluding hydrogens is 252 g/mol. The molecule has 1 aliphatic rings. The molecule has 0 unspecified atom stereocenters. The van der Waals surface area contributed by atoms with Crippen LogP contribution in [0.25, 0.3) is 0 Å². The Labute approximate surface area is 119 Å². The lowest BCUT2D eigenvalue weighted by Crippen LogP contribution is -2.37. The quantitative estimate of drug-likeness (QED) is 0.792. The van der Waals surface area contributed by atoms with Crippen molar-refractivity contribution in [2.75, 3.05) is 0 Å². The minimum atomic E-state index is -0.989. The monoisotopic (exact) mass is 272 g/mol. The Kier molecular flexibility index (Phi) is 4.48. The summed E-state index contributed by atoms with van der Waals surface area (Å²) in [5.41, 5.74) is 2.16. The molecule has 1 aromatic carbocycles. The fraction of sp³-hybridized carbons (Fsp3) is 0.471. The SMILES string of the molecule is CCCC(=O)C1C(=O)CC(c2ccc(C)cc2)CC1=O. The van der Waals surface area contributed by atoms with Gasteiger partial charge in [0.15, 0.2) is 17.3 Å². The van der Waals surface area contributed by atoms with Gasteiger partial charge in [-0.3, -0.25) is 14.4 Å². The molecule has 1 fully saturated rings. The second-order valence-electron chi connectivity index (χ2n) is 5.60. The fourth-order valence-electron chi connectivity index (χ4n) is 2.80. The Hall–Kier alpha value is -1.77. The van der Waals surface area contributed by atoms with Crippen LogP contribution in [-0.2, 0) is 14.4 Å². The van der Waals surface area contributed by atoms with Gasteiger partial charge in [-0.05, 0) is 24.8 Å². The molecule has 1 aliphatic carbocycles. The molecule has 2 rings (SSSR count). The van der Waals surface area contributed by atoms with Crippen LogP contribution in [0.4, 0.5) is 0 Å². The van der Waals surface area contributed by atoms with Gasteiger partial charge in [0.25, 0.3) is 0 Å². The van der Waals surface area contributed by atoms with Gasteiger partial charge in [0.1, 0.15) is 5.92 Å². The van der Waals surface area contributed by atoms with E-state index in [0.29, 0.717) is 25.7 Å². The van der Waals surface area contributed by atoms with E-state index in [0.717, 1.165) is 11.1 Å². The Morgan fingerprint density at radius 1 is 1.10 bits per heavy atom. The third-order valence-electron chi connectivity index (χ3n) is 3.91. The number of carbonyl (C=O) groups is 3. The lowest BCUT2D eigenvalue weighted by Gasteiger charge is -2.26. The summed E-state index contributed by atoms with van der Waals surface area (Å²) in [4.78, 5) is 36.1. The number of carbonyl (C=O) groups excluding carboxylic acids is 3. The second kappa shape index (κ2) is 6.12. The van der Waals surface area contributed by atoms with E-state index >= 15 is 0 Å². The molecule has 20 heavy (non-hydrogen) atoms. The fourth-order valence-corrected chi connectivity index (χ4v) is 2.80. The van der Waals surface area contributed by atoms with Crippen molar-refractivity contribution in [3.05, 3.63) is 35.4 Å². The predicted molar refractivity (Wildman–Crippen MR) is 76.6 cm³/mol. The van der Waals surface area contributed by atoms with E-state index in [1.165, 1.54) is 0 Å². The molecule has 0 radical (unpaired) electrons. The van der Waals surface area contributed by atoms with E-state index in [9.17, 15) is 14.4 Å². The van der Waals surface area contributed by atoms with E-state index in [2.05, 4.69) is 0 Å². The molecule has 0 N–H and O–H groups in total. The summed E-state index contributed by atoms with van der Waals surface area (Å²) in [6.07, 6.45) is 1.60. The highest BCUT2D eigenvalue weighted by molar-refractivity contribution is 6.20. The van der Waals surface area contributed by atoms with Gasteiger partial charge < -0.3 is 0 Å². The van der Waals surface area contributed by atoms with Gasteiger partial charge in [-0.25, -0.2) is 0 Å². The molecule has 0 saturated heterocycles. The summed E-state index contributed by atoms with van der Waals surface area (Å²) in [5.74, 6) is -1.67. The van der Waals surface area contributed by atoms with Crippen molar-refractivity contribution in [2.45, 2.75) is 45.4 Å². The molecule has 0 atom stereocenters. The molecule has 0 aromatic heterocycles. The number of aryl methyl sites for hydroxylation is 1. The number of benzene rings is 1. The summed E-state index contributed by atoms with van der Waals surface area (Å²) in [6.45, 7) is 3.88. The van der Waals surface area contributed by atoms with Gasteiger partial charge >= 0.3 is 0 Å². The van der Waals surface area contributed by atoms with Crippen LogP contribution in [-0.4, -0.2) is 17.3 Å². The first-order chi connectivity index (χ1) is 9.52. The highest BCUT2D eigenvalue weighted by Crippen LogP contribution is 2.32. The van der Waals surface area contributed by atoms with Crippen LogP contribution in [0.15, 0.2) is 24.3 Å². The maximum absolute atomic E-state index is 12.1.